The van der Waals surface area contributed by atoms with Gasteiger partial charge in [-0.25, -0.2) is 0 Å². The van der Waals surface area contributed by atoms with Crippen LogP contribution in [0.4, 0.5) is 11.4 Å². The first kappa shape index (κ1) is 14.8. The van der Waals surface area contributed by atoms with E-state index < -0.39 is 0 Å². The van der Waals surface area contributed by atoms with Crippen molar-refractivity contribution in [2.45, 2.75) is 6.54 Å². The fourth-order valence-corrected chi connectivity index (χ4v) is 2.68. The Morgan fingerprint density at radius 1 is 1.35 bits per heavy atom. The molecule has 1 aromatic heterocycles. The topological polar surface area (TPSA) is 50.4 Å². The van der Waals surface area contributed by atoms with Crippen molar-refractivity contribution in [3.63, 3.8) is 0 Å². The zero-order valence-electron chi connectivity index (χ0n) is 11.0. The number of hydrogen-bond donors (Lipinski definition) is 2. The molecule has 1 amide bonds. The van der Waals surface area contributed by atoms with Gasteiger partial charge in [0.1, 0.15) is 6.61 Å². The summed E-state index contributed by atoms with van der Waals surface area (Å²) in [5, 5.41) is 8.71. The molecule has 2 N–H and O–H groups in total. The van der Waals surface area contributed by atoms with Gasteiger partial charge in [-0.05, 0) is 24.3 Å². The summed E-state index contributed by atoms with van der Waals surface area (Å²) in [7, 11) is 1.49. The van der Waals surface area contributed by atoms with E-state index in [1.54, 1.807) is 11.3 Å². The summed E-state index contributed by atoms with van der Waals surface area (Å²) < 4.78 is 4.77. The lowest BCUT2D eigenvalue weighted by atomic mass is 10.2. The number of methoxy groups -OCH3 is 1. The molecule has 0 spiro atoms. The van der Waals surface area contributed by atoms with E-state index in [1.165, 1.54) is 7.11 Å². The van der Waals surface area contributed by atoms with Crippen molar-refractivity contribution in [3.8, 4) is 0 Å². The van der Waals surface area contributed by atoms with Gasteiger partial charge in [-0.15, -0.1) is 11.3 Å². The number of carbonyl (C=O) groups excluding carboxylic acids is 1. The van der Waals surface area contributed by atoms with Crippen LogP contribution >= 0.6 is 22.9 Å². The Morgan fingerprint density at radius 2 is 2.15 bits per heavy atom. The largest absolute Gasteiger partial charge is 0.380 e. The molecule has 0 saturated carbocycles. The molecule has 0 atom stereocenters. The smallest absolute Gasteiger partial charge is 0.250 e. The molecular formula is C14H15ClN2O2S. The summed E-state index contributed by atoms with van der Waals surface area (Å²) in [6.45, 7) is 0.748. The van der Waals surface area contributed by atoms with Gasteiger partial charge in [-0.1, -0.05) is 17.7 Å². The number of anilines is 2. The van der Waals surface area contributed by atoms with Crippen LogP contribution in [0.5, 0.6) is 0 Å². The van der Waals surface area contributed by atoms with Gasteiger partial charge in [0.25, 0.3) is 0 Å². The summed E-state index contributed by atoms with van der Waals surface area (Å²) in [5.74, 6) is -0.172. The molecule has 1 heterocycles. The number of halogens is 1. The van der Waals surface area contributed by atoms with E-state index in [2.05, 4.69) is 10.6 Å². The third-order valence-corrected chi connectivity index (χ3v) is 3.79. The highest BCUT2D eigenvalue weighted by atomic mass is 35.5. The molecule has 0 bridgehead atoms. The van der Waals surface area contributed by atoms with E-state index >= 15 is 0 Å². The maximum absolute atomic E-state index is 11.4. The van der Waals surface area contributed by atoms with Crippen molar-refractivity contribution in [2.24, 2.45) is 0 Å². The number of benzene rings is 1. The summed E-state index contributed by atoms with van der Waals surface area (Å²) in [5.41, 5.74) is 1.67. The van der Waals surface area contributed by atoms with Gasteiger partial charge >= 0.3 is 0 Å². The summed E-state index contributed by atoms with van der Waals surface area (Å²) in [6.07, 6.45) is 0. The van der Waals surface area contributed by atoms with Crippen LogP contribution in [0.25, 0.3) is 0 Å². The SMILES string of the molecule is COCC(=O)Nc1cccc(NCc2cc(Cl)cs2)c1. The van der Waals surface area contributed by atoms with E-state index in [-0.39, 0.29) is 12.5 Å². The van der Waals surface area contributed by atoms with Gasteiger partial charge in [0, 0.05) is 35.3 Å². The molecule has 2 rings (SSSR count). The van der Waals surface area contributed by atoms with Crippen molar-refractivity contribution in [1.82, 2.24) is 0 Å². The van der Waals surface area contributed by atoms with Crippen molar-refractivity contribution in [1.29, 1.82) is 0 Å². The van der Waals surface area contributed by atoms with E-state index in [1.807, 2.05) is 35.7 Å². The van der Waals surface area contributed by atoms with Crippen LogP contribution in [0, 0.1) is 0 Å². The normalized spacial score (nSPS) is 10.3. The zero-order valence-corrected chi connectivity index (χ0v) is 12.6. The minimum atomic E-state index is -0.172. The zero-order chi connectivity index (χ0) is 14.4. The predicted molar refractivity (Wildman–Crippen MR) is 83.6 cm³/mol. The summed E-state index contributed by atoms with van der Waals surface area (Å²) in [4.78, 5) is 12.6. The molecule has 0 unspecified atom stereocenters. The Balaban J connectivity index is 1.93. The van der Waals surface area contributed by atoms with Crippen LogP contribution in [0.15, 0.2) is 35.7 Å². The second kappa shape index (κ2) is 7.28. The molecule has 0 radical (unpaired) electrons. The number of amides is 1. The number of carbonyl (C=O) groups is 1. The summed E-state index contributed by atoms with van der Waals surface area (Å²) in [6, 6.07) is 9.47. The Bertz CT molecular complexity index is 586. The first-order chi connectivity index (χ1) is 9.67. The van der Waals surface area contributed by atoms with Gasteiger partial charge in [-0.3, -0.25) is 4.79 Å². The Hall–Kier alpha value is -1.56. The molecule has 0 aliphatic heterocycles. The molecule has 1 aromatic carbocycles. The van der Waals surface area contributed by atoms with Crippen molar-refractivity contribution >= 4 is 40.2 Å². The number of thiophene rings is 1. The lowest BCUT2D eigenvalue weighted by Crippen LogP contribution is -2.17. The minimum Gasteiger partial charge on any atom is -0.380 e. The van der Waals surface area contributed by atoms with Crippen LogP contribution in [0.1, 0.15) is 4.88 Å². The van der Waals surface area contributed by atoms with Crippen molar-refractivity contribution in [3.05, 3.63) is 45.6 Å². The lowest BCUT2D eigenvalue weighted by molar-refractivity contribution is -0.119. The maximum Gasteiger partial charge on any atom is 0.250 e. The second-order valence-corrected chi connectivity index (χ2v) is 5.58. The summed E-state index contributed by atoms with van der Waals surface area (Å²) >= 11 is 7.49. The fraction of sp³-hybridized carbons (Fsp3) is 0.214. The molecule has 0 saturated heterocycles. The molecule has 2 aromatic rings. The highest BCUT2D eigenvalue weighted by molar-refractivity contribution is 7.10. The van der Waals surface area contributed by atoms with Gasteiger partial charge in [0.2, 0.25) is 5.91 Å². The van der Waals surface area contributed by atoms with Crippen LogP contribution in [-0.4, -0.2) is 19.6 Å². The van der Waals surface area contributed by atoms with E-state index in [0.29, 0.717) is 6.54 Å². The van der Waals surface area contributed by atoms with Crippen LogP contribution in [-0.2, 0) is 16.1 Å². The van der Waals surface area contributed by atoms with Gasteiger partial charge in [0.15, 0.2) is 0 Å². The van der Waals surface area contributed by atoms with Crippen LogP contribution < -0.4 is 10.6 Å². The molecule has 106 valence electrons. The molecule has 20 heavy (non-hydrogen) atoms. The van der Waals surface area contributed by atoms with E-state index in [9.17, 15) is 4.79 Å². The number of ether oxygens (including phenoxy) is 1. The average Bonchev–Trinajstić information content (AvgIpc) is 2.83. The molecule has 0 aliphatic rings. The minimum absolute atomic E-state index is 0.0470. The quantitative estimate of drug-likeness (QED) is 0.857. The lowest BCUT2D eigenvalue weighted by Gasteiger charge is -2.08. The standard InChI is InChI=1S/C14H15ClN2O2S/c1-19-8-14(18)17-12-4-2-3-11(6-12)16-7-13-5-10(15)9-20-13/h2-6,9,16H,7-8H2,1H3,(H,17,18). The molecular weight excluding hydrogens is 296 g/mol. The molecule has 0 fully saturated rings. The average molecular weight is 311 g/mol. The fourth-order valence-electron chi connectivity index (χ4n) is 1.67. The first-order valence-corrected chi connectivity index (χ1v) is 7.29. The van der Waals surface area contributed by atoms with Crippen LogP contribution in [0.2, 0.25) is 5.02 Å². The second-order valence-electron chi connectivity index (χ2n) is 4.15. The molecule has 4 nitrogen and oxygen atoms in total. The van der Waals surface area contributed by atoms with Gasteiger partial charge in [-0.2, -0.15) is 0 Å². The number of rotatable bonds is 6. The van der Waals surface area contributed by atoms with Crippen molar-refractivity contribution < 1.29 is 9.53 Å². The first-order valence-electron chi connectivity index (χ1n) is 6.03. The maximum atomic E-state index is 11.4. The number of hydrogen-bond acceptors (Lipinski definition) is 4. The van der Waals surface area contributed by atoms with Crippen molar-refractivity contribution in [2.75, 3.05) is 24.4 Å². The van der Waals surface area contributed by atoms with E-state index in [0.717, 1.165) is 21.3 Å². The Kier molecular flexibility index (Phi) is 5.40. The third kappa shape index (κ3) is 4.52. The highest BCUT2D eigenvalue weighted by Crippen LogP contribution is 2.21. The predicted octanol–water partition coefficient (Wildman–Crippen LogP) is 3.60. The molecule has 6 heteroatoms. The highest BCUT2D eigenvalue weighted by Gasteiger charge is 2.02. The molecule has 0 aliphatic carbocycles. The number of nitrogens with one attached hydrogen (secondary N) is 2. The Morgan fingerprint density at radius 3 is 2.85 bits per heavy atom. The third-order valence-electron chi connectivity index (χ3n) is 2.51. The van der Waals surface area contributed by atoms with E-state index in [4.69, 9.17) is 16.3 Å². The van der Waals surface area contributed by atoms with Gasteiger partial charge in [0.05, 0.1) is 5.02 Å². The Labute approximate surface area is 126 Å². The monoisotopic (exact) mass is 310 g/mol. The van der Waals surface area contributed by atoms with Crippen LogP contribution in [0.3, 0.4) is 0 Å². The van der Waals surface area contributed by atoms with Gasteiger partial charge < -0.3 is 15.4 Å².